The molecule has 2 N–H and O–H groups in total. The molecule has 16 heavy (non-hydrogen) atoms. The molecule has 0 aliphatic carbocycles. The molecule has 0 amide bonds. The van der Waals surface area contributed by atoms with Crippen LogP contribution in [0.1, 0.15) is 11.4 Å². The van der Waals surface area contributed by atoms with Crippen LogP contribution in [0.25, 0.3) is 0 Å². The summed E-state index contributed by atoms with van der Waals surface area (Å²) in [7, 11) is 2.07. The molecule has 1 aromatic heterocycles. The van der Waals surface area contributed by atoms with Crippen molar-refractivity contribution in [2.24, 2.45) is 12.8 Å². The van der Waals surface area contributed by atoms with Crippen molar-refractivity contribution in [1.29, 1.82) is 0 Å². The fraction of sp³-hybridized carbons (Fsp3) is 0.231. The van der Waals surface area contributed by atoms with Gasteiger partial charge in [0.05, 0.1) is 0 Å². The Bertz CT molecular complexity index is 448. The Morgan fingerprint density at radius 2 is 1.75 bits per heavy atom. The highest BCUT2D eigenvalue weighted by Crippen LogP contribution is 2.22. The van der Waals surface area contributed by atoms with Crippen LogP contribution in [0.15, 0.2) is 47.4 Å². The molecule has 84 valence electrons. The fourth-order valence-corrected chi connectivity index (χ4v) is 2.58. The molecule has 0 spiro atoms. The maximum absolute atomic E-state index is 5.64. The van der Waals surface area contributed by atoms with Crippen LogP contribution in [0.2, 0.25) is 0 Å². The molecule has 0 bridgehead atoms. The second-order valence-electron chi connectivity index (χ2n) is 3.68. The maximum atomic E-state index is 5.64. The molecule has 1 heterocycles. The van der Waals surface area contributed by atoms with Gasteiger partial charge >= 0.3 is 0 Å². The summed E-state index contributed by atoms with van der Waals surface area (Å²) in [5.74, 6) is 0.987. The Balaban J connectivity index is 2.02. The van der Waals surface area contributed by atoms with Crippen molar-refractivity contribution in [2.75, 3.05) is 0 Å². The van der Waals surface area contributed by atoms with Gasteiger partial charge in [-0.25, -0.2) is 0 Å². The summed E-state index contributed by atoms with van der Waals surface area (Å²) >= 11 is 1.85. The van der Waals surface area contributed by atoms with Crippen molar-refractivity contribution in [2.45, 2.75) is 17.2 Å². The van der Waals surface area contributed by atoms with E-state index in [4.69, 9.17) is 5.73 Å². The zero-order valence-electron chi connectivity index (χ0n) is 9.39. The van der Waals surface area contributed by atoms with E-state index >= 15 is 0 Å². The summed E-state index contributed by atoms with van der Waals surface area (Å²) in [4.78, 5) is 1.30. The Kier molecular flexibility index (Phi) is 3.70. The SMILES string of the molecule is Cn1c(CN)ccc1CSc1ccccc1. The first-order valence-electron chi connectivity index (χ1n) is 5.32. The van der Waals surface area contributed by atoms with Gasteiger partial charge in [0.15, 0.2) is 0 Å². The van der Waals surface area contributed by atoms with Gasteiger partial charge in [0, 0.05) is 35.6 Å². The van der Waals surface area contributed by atoms with Gasteiger partial charge in [0.1, 0.15) is 0 Å². The van der Waals surface area contributed by atoms with Crippen LogP contribution in [0.3, 0.4) is 0 Å². The molecule has 1 aromatic carbocycles. The van der Waals surface area contributed by atoms with Crippen molar-refractivity contribution in [3.63, 3.8) is 0 Å². The second kappa shape index (κ2) is 5.23. The first-order valence-corrected chi connectivity index (χ1v) is 6.31. The third-order valence-corrected chi connectivity index (χ3v) is 3.71. The molecule has 0 fully saturated rings. The average molecular weight is 232 g/mol. The Morgan fingerprint density at radius 1 is 1.06 bits per heavy atom. The van der Waals surface area contributed by atoms with Crippen LogP contribution in [-0.2, 0) is 19.3 Å². The Hall–Kier alpha value is -1.19. The minimum atomic E-state index is 0.604. The van der Waals surface area contributed by atoms with Gasteiger partial charge in [-0.05, 0) is 24.3 Å². The van der Waals surface area contributed by atoms with Gasteiger partial charge in [-0.1, -0.05) is 18.2 Å². The number of hydrogen-bond acceptors (Lipinski definition) is 2. The molecule has 2 rings (SSSR count). The van der Waals surface area contributed by atoms with E-state index in [1.54, 1.807) is 0 Å². The van der Waals surface area contributed by atoms with Gasteiger partial charge in [-0.15, -0.1) is 11.8 Å². The lowest BCUT2D eigenvalue weighted by Gasteiger charge is -2.06. The van der Waals surface area contributed by atoms with Gasteiger partial charge < -0.3 is 10.3 Å². The molecule has 0 saturated carbocycles. The first-order chi connectivity index (χ1) is 7.81. The van der Waals surface area contributed by atoms with Crippen molar-refractivity contribution in [3.8, 4) is 0 Å². The van der Waals surface area contributed by atoms with Crippen LogP contribution in [0, 0.1) is 0 Å². The summed E-state index contributed by atoms with van der Waals surface area (Å²) in [6.07, 6.45) is 0. The topological polar surface area (TPSA) is 30.9 Å². The highest BCUT2D eigenvalue weighted by atomic mass is 32.2. The first kappa shape index (κ1) is 11.3. The molecule has 0 aliphatic heterocycles. The summed E-state index contributed by atoms with van der Waals surface area (Å²) in [5.41, 5.74) is 8.14. The smallest absolute Gasteiger partial charge is 0.0385 e. The quantitative estimate of drug-likeness (QED) is 0.822. The van der Waals surface area contributed by atoms with E-state index in [0.29, 0.717) is 6.54 Å². The molecule has 0 radical (unpaired) electrons. The van der Waals surface area contributed by atoms with Crippen molar-refractivity contribution in [3.05, 3.63) is 53.9 Å². The van der Waals surface area contributed by atoms with Crippen molar-refractivity contribution >= 4 is 11.8 Å². The van der Waals surface area contributed by atoms with E-state index in [9.17, 15) is 0 Å². The molecule has 0 saturated heterocycles. The van der Waals surface area contributed by atoms with Crippen LogP contribution in [0.5, 0.6) is 0 Å². The summed E-state index contributed by atoms with van der Waals surface area (Å²) in [6.45, 7) is 0.604. The average Bonchev–Trinajstić information content (AvgIpc) is 2.69. The molecule has 3 heteroatoms. The van der Waals surface area contributed by atoms with E-state index in [2.05, 4.69) is 48.0 Å². The number of thioether (sulfide) groups is 1. The Labute approximate surface area is 100 Å². The predicted molar refractivity (Wildman–Crippen MR) is 69.3 cm³/mol. The summed E-state index contributed by atoms with van der Waals surface area (Å²) < 4.78 is 2.18. The minimum Gasteiger partial charge on any atom is -0.350 e. The molecular weight excluding hydrogens is 216 g/mol. The standard InChI is InChI=1S/C13H16N2S/c1-15-11(9-14)7-8-12(15)10-16-13-5-3-2-4-6-13/h2-8H,9-10,14H2,1H3. The lowest BCUT2D eigenvalue weighted by Crippen LogP contribution is -2.05. The predicted octanol–water partition coefficient (Wildman–Crippen LogP) is 2.78. The van der Waals surface area contributed by atoms with E-state index in [0.717, 1.165) is 5.75 Å². The number of nitrogens with zero attached hydrogens (tertiary/aromatic N) is 1. The van der Waals surface area contributed by atoms with E-state index in [1.807, 2.05) is 17.8 Å². The zero-order chi connectivity index (χ0) is 11.4. The third-order valence-electron chi connectivity index (χ3n) is 2.67. The molecule has 0 atom stereocenters. The lowest BCUT2D eigenvalue weighted by molar-refractivity contribution is 0.793. The van der Waals surface area contributed by atoms with Crippen LogP contribution in [-0.4, -0.2) is 4.57 Å². The number of aromatic nitrogens is 1. The fourth-order valence-electron chi connectivity index (χ4n) is 1.62. The third kappa shape index (κ3) is 2.49. The molecule has 2 nitrogen and oxygen atoms in total. The summed E-state index contributed by atoms with van der Waals surface area (Å²) in [5, 5.41) is 0. The van der Waals surface area contributed by atoms with E-state index in [1.165, 1.54) is 16.3 Å². The van der Waals surface area contributed by atoms with Crippen LogP contribution < -0.4 is 5.73 Å². The number of benzene rings is 1. The zero-order valence-corrected chi connectivity index (χ0v) is 10.2. The van der Waals surface area contributed by atoms with Crippen LogP contribution in [0.4, 0.5) is 0 Å². The number of nitrogens with two attached hydrogens (primary N) is 1. The van der Waals surface area contributed by atoms with Gasteiger partial charge in [0.2, 0.25) is 0 Å². The van der Waals surface area contributed by atoms with Gasteiger partial charge in [-0.2, -0.15) is 0 Å². The monoisotopic (exact) mass is 232 g/mol. The minimum absolute atomic E-state index is 0.604. The van der Waals surface area contributed by atoms with Crippen molar-refractivity contribution < 1.29 is 0 Å². The lowest BCUT2D eigenvalue weighted by atomic mass is 10.4. The Morgan fingerprint density at radius 3 is 2.38 bits per heavy atom. The number of rotatable bonds is 4. The maximum Gasteiger partial charge on any atom is 0.0385 e. The normalized spacial score (nSPS) is 10.6. The molecule has 2 aromatic rings. The van der Waals surface area contributed by atoms with E-state index in [-0.39, 0.29) is 0 Å². The van der Waals surface area contributed by atoms with Crippen LogP contribution >= 0.6 is 11.8 Å². The molecule has 0 unspecified atom stereocenters. The van der Waals surface area contributed by atoms with Gasteiger partial charge in [0.25, 0.3) is 0 Å². The van der Waals surface area contributed by atoms with Crippen molar-refractivity contribution in [1.82, 2.24) is 4.57 Å². The largest absolute Gasteiger partial charge is 0.350 e. The highest BCUT2D eigenvalue weighted by Gasteiger charge is 2.03. The number of hydrogen-bond donors (Lipinski definition) is 1. The second-order valence-corrected chi connectivity index (χ2v) is 4.73. The molecule has 0 aliphatic rings. The van der Waals surface area contributed by atoms with Gasteiger partial charge in [-0.3, -0.25) is 0 Å². The summed E-state index contributed by atoms with van der Waals surface area (Å²) in [6, 6.07) is 14.7. The molecular formula is C13H16N2S. The van der Waals surface area contributed by atoms with E-state index < -0.39 is 0 Å². The highest BCUT2D eigenvalue weighted by molar-refractivity contribution is 7.98.